The van der Waals surface area contributed by atoms with Crippen LogP contribution in [0.1, 0.15) is 95.9 Å². The van der Waals surface area contributed by atoms with Gasteiger partial charge in [0.25, 0.3) is 0 Å². The van der Waals surface area contributed by atoms with E-state index >= 15 is 0 Å². The third-order valence-electron chi connectivity index (χ3n) is 3.98. The van der Waals surface area contributed by atoms with Gasteiger partial charge in [0.2, 0.25) is 0 Å². The second kappa shape index (κ2) is 11.0. The SMILES string of the molecule is C=C(CC(CC(=C)C(=O)OC(C)(C)C)(C(=O)OC(C)(C)C)C(=O)OC(C)(C)C)C(=O)OC(C)(C)C. The van der Waals surface area contributed by atoms with Gasteiger partial charge in [-0.25, -0.2) is 9.59 Å². The van der Waals surface area contributed by atoms with Crippen LogP contribution in [-0.4, -0.2) is 46.3 Å². The van der Waals surface area contributed by atoms with Crippen molar-refractivity contribution in [2.75, 3.05) is 0 Å². The lowest BCUT2D eigenvalue weighted by Gasteiger charge is -2.35. The third-order valence-corrected chi connectivity index (χ3v) is 3.98. The maximum absolute atomic E-state index is 13.6. The van der Waals surface area contributed by atoms with Crippen molar-refractivity contribution >= 4 is 23.9 Å². The van der Waals surface area contributed by atoms with Gasteiger partial charge in [-0.15, -0.1) is 0 Å². The molecule has 0 amide bonds. The van der Waals surface area contributed by atoms with Crippen molar-refractivity contribution in [2.24, 2.45) is 5.41 Å². The Hall–Kier alpha value is -2.64. The van der Waals surface area contributed by atoms with Gasteiger partial charge in [-0.2, -0.15) is 0 Å². The van der Waals surface area contributed by atoms with Crippen molar-refractivity contribution in [1.29, 1.82) is 0 Å². The Bertz CT molecular complexity index is 780. The Labute approximate surface area is 210 Å². The van der Waals surface area contributed by atoms with Crippen LogP contribution in [0.5, 0.6) is 0 Å². The summed E-state index contributed by atoms with van der Waals surface area (Å²) in [6.45, 7) is 27.4. The molecule has 0 fully saturated rings. The molecule has 0 heterocycles. The van der Waals surface area contributed by atoms with Crippen molar-refractivity contribution in [3.05, 3.63) is 24.3 Å². The van der Waals surface area contributed by atoms with E-state index in [4.69, 9.17) is 18.9 Å². The van der Waals surface area contributed by atoms with Crippen molar-refractivity contribution in [2.45, 2.75) is 118 Å². The fraction of sp³-hybridized carbons (Fsp3) is 0.704. The molecule has 200 valence electrons. The Morgan fingerprint density at radius 1 is 0.486 bits per heavy atom. The van der Waals surface area contributed by atoms with Gasteiger partial charge in [0.05, 0.1) is 0 Å². The maximum atomic E-state index is 13.6. The number of carbonyl (C=O) groups excluding carboxylic acids is 4. The molecule has 0 radical (unpaired) electrons. The highest BCUT2D eigenvalue weighted by atomic mass is 16.6. The number of ether oxygens (including phenoxy) is 4. The van der Waals surface area contributed by atoms with Gasteiger partial charge in [-0.05, 0) is 83.1 Å². The molecule has 0 bridgehead atoms. The molecule has 0 aliphatic rings. The first-order valence-corrected chi connectivity index (χ1v) is 11.6. The lowest BCUT2D eigenvalue weighted by atomic mass is 9.76. The van der Waals surface area contributed by atoms with Crippen molar-refractivity contribution < 1.29 is 38.1 Å². The molecule has 8 nitrogen and oxygen atoms in total. The first-order valence-electron chi connectivity index (χ1n) is 11.6. The van der Waals surface area contributed by atoms with Gasteiger partial charge in [-0.3, -0.25) is 9.59 Å². The predicted molar refractivity (Wildman–Crippen MR) is 133 cm³/mol. The highest BCUT2D eigenvalue weighted by molar-refractivity contribution is 6.04. The van der Waals surface area contributed by atoms with Gasteiger partial charge >= 0.3 is 23.9 Å². The summed E-state index contributed by atoms with van der Waals surface area (Å²) in [5, 5.41) is 0. The van der Waals surface area contributed by atoms with Crippen LogP contribution in [0.25, 0.3) is 0 Å². The van der Waals surface area contributed by atoms with E-state index in [0.29, 0.717) is 0 Å². The van der Waals surface area contributed by atoms with E-state index < -0.39 is 64.5 Å². The first-order chi connectivity index (χ1) is 15.3. The van der Waals surface area contributed by atoms with Crippen molar-refractivity contribution in [3.8, 4) is 0 Å². The van der Waals surface area contributed by atoms with Gasteiger partial charge in [0.15, 0.2) is 5.41 Å². The van der Waals surface area contributed by atoms with E-state index in [-0.39, 0.29) is 11.1 Å². The van der Waals surface area contributed by atoms with Gasteiger partial charge < -0.3 is 18.9 Å². The quantitative estimate of drug-likeness (QED) is 0.195. The second-order valence-electron chi connectivity index (χ2n) is 12.7. The number of hydrogen-bond acceptors (Lipinski definition) is 8. The normalized spacial score (nSPS) is 12.9. The van der Waals surface area contributed by atoms with Crippen LogP contribution in [0.15, 0.2) is 24.3 Å². The minimum Gasteiger partial charge on any atom is -0.459 e. The van der Waals surface area contributed by atoms with Crippen LogP contribution >= 0.6 is 0 Å². The molecule has 0 N–H and O–H groups in total. The minimum absolute atomic E-state index is 0.159. The summed E-state index contributed by atoms with van der Waals surface area (Å²) >= 11 is 0. The van der Waals surface area contributed by atoms with E-state index in [1.165, 1.54) is 0 Å². The standard InChI is InChI=1S/C27H44O8/c1-17(19(28)32-23(3,4)5)15-27(21(30)34-25(9,10)11,22(31)35-26(12,13)14)16-18(2)20(29)33-24(6,7)8/h1-2,15-16H2,3-14H3. The summed E-state index contributed by atoms with van der Waals surface area (Å²) in [7, 11) is 0. The lowest BCUT2D eigenvalue weighted by Crippen LogP contribution is -2.48. The average Bonchev–Trinajstić information content (AvgIpc) is 2.54. The van der Waals surface area contributed by atoms with Crippen LogP contribution in [0.4, 0.5) is 0 Å². The number of esters is 4. The number of hydrogen-bond donors (Lipinski definition) is 0. The molecule has 0 aliphatic heterocycles. The molecule has 0 spiro atoms. The molecule has 8 heteroatoms. The van der Waals surface area contributed by atoms with Crippen LogP contribution in [-0.2, 0) is 38.1 Å². The zero-order valence-electron chi connectivity index (χ0n) is 23.6. The minimum atomic E-state index is -2.14. The Morgan fingerprint density at radius 2 is 0.714 bits per heavy atom. The van der Waals surface area contributed by atoms with E-state index in [1.807, 2.05) is 0 Å². The van der Waals surface area contributed by atoms with Crippen molar-refractivity contribution in [1.82, 2.24) is 0 Å². The van der Waals surface area contributed by atoms with Gasteiger partial charge in [0, 0.05) is 24.0 Å². The maximum Gasteiger partial charge on any atom is 0.333 e. The molecule has 0 atom stereocenters. The van der Waals surface area contributed by atoms with Crippen LogP contribution in [0.3, 0.4) is 0 Å². The Kier molecular flexibility index (Phi) is 10.1. The third kappa shape index (κ3) is 12.1. The fourth-order valence-electron chi connectivity index (χ4n) is 2.76. The molecule has 0 saturated carbocycles. The summed E-state index contributed by atoms with van der Waals surface area (Å²) in [6.07, 6.45) is -1.01. The molecule has 0 aromatic rings. The van der Waals surface area contributed by atoms with E-state index in [2.05, 4.69) is 13.2 Å². The molecule has 0 rings (SSSR count). The summed E-state index contributed by atoms with van der Waals surface area (Å²) in [5.41, 5.74) is -6.08. The molecule has 0 unspecified atom stereocenters. The van der Waals surface area contributed by atoms with Gasteiger partial charge in [0.1, 0.15) is 22.4 Å². The van der Waals surface area contributed by atoms with Crippen molar-refractivity contribution in [3.63, 3.8) is 0 Å². The molecule has 0 aliphatic carbocycles. The highest BCUT2D eigenvalue weighted by Crippen LogP contribution is 2.39. The number of carbonyl (C=O) groups is 4. The highest BCUT2D eigenvalue weighted by Gasteiger charge is 2.53. The Morgan fingerprint density at radius 3 is 0.914 bits per heavy atom. The summed E-state index contributed by atoms with van der Waals surface area (Å²) in [4.78, 5) is 52.6. The van der Waals surface area contributed by atoms with Crippen LogP contribution < -0.4 is 0 Å². The lowest BCUT2D eigenvalue weighted by molar-refractivity contribution is -0.185. The van der Waals surface area contributed by atoms with E-state index in [0.717, 1.165) is 0 Å². The van der Waals surface area contributed by atoms with E-state index in [9.17, 15) is 19.2 Å². The fourth-order valence-corrected chi connectivity index (χ4v) is 2.76. The number of rotatable bonds is 8. The molecular weight excluding hydrogens is 452 g/mol. The van der Waals surface area contributed by atoms with E-state index in [1.54, 1.807) is 83.1 Å². The monoisotopic (exact) mass is 496 g/mol. The molecule has 0 saturated heterocycles. The molecule has 0 aromatic carbocycles. The Balaban J connectivity index is 6.66. The molecule has 35 heavy (non-hydrogen) atoms. The molecular formula is C27H44O8. The summed E-state index contributed by atoms with van der Waals surface area (Å²) in [5.74, 6) is -3.55. The summed E-state index contributed by atoms with van der Waals surface area (Å²) < 4.78 is 21.9. The van der Waals surface area contributed by atoms with Crippen LogP contribution in [0, 0.1) is 5.41 Å². The largest absolute Gasteiger partial charge is 0.459 e. The zero-order chi connectivity index (χ0) is 28.2. The predicted octanol–water partition coefficient (Wildman–Crippen LogP) is 5.23. The first kappa shape index (κ1) is 32.4. The molecule has 0 aromatic heterocycles. The van der Waals surface area contributed by atoms with Gasteiger partial charge in [-0.1, -0.05) is 13.2 Å². The smallest absolute Gasteiger partial charge is 0.333 e. The zero-order valence-corrected chi connectivity index (χ0v) is 23.6. The topological polar surface area (TPSA) is 105 Å². The van der Waals surface area contributed by atoms with Crippen LogP contribution in [0.2, 0.25) is 0 Å². The summed E-state index contributed by atoms with van der Waals surface area (Å²) in [6, 6.07) is 0. The second-order valence-corrected chi connectivity index (χ2v) is 12.7. The average molecular weight is 497 g/mol.